The van der Waals surface area contributed by atoms with Crippen LogP contribution in [0, 0.1) is 5.82 Å². The van der Waals surface area contributed by atoms with Gasteiger partial charge in [-0.3, -0.25) is 4.68 Å². The number of nitrogens with zero attached hydrogens (tertiary/aromatic N) is 6. The van der Waals surface area contributed by atoms with E-state index in [9.17, 15) is 0 Å². The van der Waals surface area contributed by atoms with E-state index in [1.807, 2.05) is 13.1 Å². The summed E-state index contributed by atoms with van der Waals surface area (Å²) in [6.07, 6.45) is 5.43. The molecule has 1 aliphatic heterocycles. The fourth-order valence-corrected chi connectivity index (χ4v) is 5.59. The van der Waals surface area contributed by atoms with Crippen molar-refractivity contribution in [3.63, 3.8) is 0 Å². The van der Waals surface area contributed by atoms with E-state index in [2.05, 4.69) is 55.4 Å². The molecule has 0 saturated carbocycles. The summed E-state index contributed by atoms with van der Waals surface area (Å²) in [5.74, 6) is 0.886. The van der Waals surface area contributed by atoms with Gasteiger partial charge in [-0.05, 0) is 38.1 Å². The average Bonchev–Trinajstić information content (AvgIpc) is 3.32. The third-order valence-electron chi connectivity index (χ3n) is 7.76. The van der Waals surface area contributed by atoms with Gasteiger partial charge in [0.1, 0.15) is 23.7 Å². The van der Waals surface area contributed by atoms with Gasteiger partial charge in [0.15, 0.2) is 0 Å². The Kier molecular flexibility index (Phi) is 7.83. The van der Waals surface area contributed by atoms with Crippen LogP contribution in [0.4, 0.5) is 27.3 Å². The van der Waals surface area contributed by atoms with E-state index < -0.39 is 0 Å². The molecule has 2 aromatic heterocycles. The second-order valence-electron chi connectivity index (χ2n) is 9.83. The molecule has 0 spiro atoms. The number of anilines is 4. The largest absolute Gasteiger partial charge is 0.494 e. The number of hydrogen-bond donors (Lipinski definition) is 2. The maximum Gasteiger partial charge on any atom is 0.144 e. The zero-order valence-corrected chi connectivity index (χ0v) is 23.3. The number of nitrogens with one attached hydrogen (secondary N) is 2. The number of aryl methyl sites for hydroxylation is 1. The van der Waals surface area contributed by atoms with Gasteiger partial charge in [0.05, 0.1) is 41.6 Å². The number of methoxy groups -OCH3 is 1. The van der Waals surface area contributed by atoms with Gasteiger partial charge in [-0.2, -0.15) is 5.10 Å². The Morgan fingerprint density at radius 2 is 1.82 bits per heavy atom. The number of ether oxygens (including phenoxy) is 1. The van der Waals surface area contributed by atoms with Crippen LogP contribution in [0.25, 0.3) is 22.2 Å². The van der Waals surface area contributed by atoms with E-state index in [0.29, 0.717) is 28.9 Å². The summed E-state index contributed by atoms with van der Waals surface area (Å²) in [5.41, 5.74) is 4.49. The zero-order valence-electron chi connectivity index (χ0n) is 23.3. The average molecular weight is 533 g/mol. The van der Waals surface area contributed by atoms with Crippen LogP contribution in [0.5, 0.6) is 5.75 Å². The first-order valence-electron chi connectivity index (χ1n) is 13.5. The quantitative estimate of drug-likeness (QED) is 0.302. The van der Waals surface area contributed by atoms with Crippen molar-refractivity contribution < 1.29 is 9.13 Å². The molecule has 3 heterocycles. The minimum absolute atomic E-state index is 0.361. The molecule has 10 heteroatoms. The highest BCUT2D eigenvalue weighted by Gasteiger charge is 2.25. The molecule has 39 heavy (non-hydrogen) atoms. The van der Waals surface area contributed by atoms with Crippen LogP contribution < -0.4 is 20.3 Å². The molecule has 1 fully saturated rings. The molecular formula is C29H37FN8O. The standard InChI is InChI=1S/C29H37FN8O/c1-6-37(7-2)20-8-10-38(11-9-20)27-16-28(39-5)25(14-24(27)31-3)35-29-15-23(32-18-33-29)21-12-19-17-34-36(4)26(19)13-22(21)30/h12-18,20,31H,6-11H2,1-5H3,(H,32,33,35). The number of fused-ring (bicyclic) bond motifs is 1. The van der Waals surface area contributed by atoms with Gasteiger partial charge in [-0.1, -0.05) is 13.8 Å². The van der Waals surface area contributed by atoms with Crippen molar-refractivity contribution in [2.24, 2.45) is 7.05 Å². The normalized spacial score (nSPS) is 14.3. The predicted molar refractivity (Wildman–Crippen MR) is 156 cm³/mol. The Balaban J connectivity index is 1.40. The summed E-state index contributed by atoms with van der Waals surface area (Å²) in [6.45, 7) is 8.64. The summed E-state index contributed by atoms with van der Waals surface area (Å²) < 4.78 is 22.5. The van der Waals surface area contributed by atoms with Gasteiger partial charge in [0.2, 0.25) is 0 Å². The Morgan fingerprint density at radius 3 is 2.51 bits per heavy atom. The van der Waals surface area contributed by atoms with Crippen molar-refractivity contribution in [2.75, 3.05) is 55.9 Å². The lowest BCUT2D eigenvalue weighted by molar-refractivity contribution is 0.186. The van der Waals surface area contributed by atoms with Crippen LogP contribution in [0.2, 0.25) is 0 Å². The predicted octanol–water partition coefficient (Wildman–Crippen LogP) is 5.27. The van der Waals surface area contributed by atoms with E-state index in [1.165, 1.54) is 12.4 Å². The van der Waals surface area contributed by atoms with Crippen molar-refractivity contribution in [1.82, 2.24) is 24.6 Å². The minimum Gasteiger partial charge on any atom is -0.494 e. The number of benzene rings is 2. The van der Waals surface area contributed by atoms with Crippen molar-refractivity contribution in [3.05, 3.63) is 48.7 Å². The lowest BCUT2D eigenvalue weighted by atomic mass is 10.0. The number of rotatable bonds is 9. The number of piperidine rings is 1. The van der Waals surface area contributed by atoms with Crippen molar-refractivity contribution >= 4 is 33.8 Å². The topological polar surface area (TPSA) is 83.4 Å². The van der Waals surface area contributed by atoms with Gasteiger partial charge in [-0.25, -0.2) is 14.4 Å². The molecular weight excluding hydrogens is 495 g/mol. The molecule has 1 saturated heterocycles. The fourth-order valence-electron chi connectivity index (χ4n) is 5.59. The minimum atomic E-state index is -0.361. The molecule has 2 N–H and O–H groups in total. The third-order valence-corrected chi connectivity index (χ3v) is 7.76. The molecule has 1 aliphatic rings. The van der Waals surface area contributed by atoms with Crippen LogP contribution in [-0.2, 0) is 7.05 Å². The maximum atomic E-state index is 15.0. The molecule has 0 unspecified atom stereocenters. The van der Waals surface area contributed by atoms with E-state index >= 15 is 4.39 Å². The van der Waals surface area contributed by atoms with Gasteiger partial charge in [0, 0.05) is 62.4 Å². The number of halogens is 1. The highest BCUT2D eigenvalue weighted by atomic mass is 19.1. The Morgan fingerprint density at radius 1 is 1.05 bits per heavy atom. The molecule has 4 aromatic rings. The molecule has 0 aliphatic carbocycles. The Bertz CT molecular complexity index is 1440. The number of hydrogen-bond acceptors (Lipinski definition) is 8. The van der Waals surface area contributed by atoms with E-state index in [0.717, 1.165) is 67.0 Å². The van der Waals surface area contributed by atoms with Crippen molar-refractivity contribution in [1.29, 1.82) is 0 Å². The van der Waals surface area contributed by atoms with Gasteiger partial charge in [-0.15, -0.1) is 0 Å². The highest BCUT2D eigenvalue weighted by Crippen LogP contribution is 2.39. The first kappa shape index (κ1) is 26.7. The SMILES string of the molecule is CCN(CC)C1CCN(c2cc(OC)c(Nc3cc(-c4cc5cnn(C)c5cc4F)ncn3)cc2NC)CC1. The lowest BCUT2D eigenvalue weighted by Crippen LogP contribution is -2.45. The first-order chi connectivity index (χ1) is 18.9. The zero-order chi connectivity index (χ0) is 27.5. The van der Waals surface area contributed by atoms with Gasteiger partial charge >= 0.3 is 0 Å². The van der Waals surface area contributed by atoms with E-state index in [-0.39, 0.29) is 5.82 Å². The Labute approximate surface area is 229 Å². The molecule has 2 aromatic carbocycles. The van der Waals surface area contributed by atoms with E-state index in [1.54, 1.807) is 37.2 Å². The van der Waals surface area contributed by atoms with Gasteiger partial charge < -0.3 is 25.2 Å². The first-order valence-corrected chi connectivity index (χ1v) is 13.5. The number of aromatic nitrogens is 4. The maximum absolute atomic E-state index is 15.0. The summed E-state index contributed by atoms with van der Waals surface area (Å²) >= 11 is 0. The van der Waals surface area contributed by atoms with Crippen LogP contribution in [0.1, 0.15) is 26.7 Å². The molecule has 0 amide bonds. The van der Waals surface area contributed by atoms with E-state index in [4.69, 9.17) is 4.74 Å². The summed E-state index contributed by atoms with van der Waals surface area (Å²) in [5, 5.41) is 11.8. The highest BCUT2D eigenvalue weighted by molar-refractivity contribution is 5.85. The summed E-state index contributed by atoms with van der Waals surface area (Å²) in [7, 11) is 5.39. The van der Waals surface area contributed by atoms with Crippen LogP contribution in [-0.4, -0.2) is 71.0 Å². The Hall–Kier alpha value is -3.92. The molecule has 206 valence electrons. The third kappa shape index (κ3) is 5.34. The van der Waals surface area contributed by atoms with Crippen LogP contribution in [0.3, 0.4) is 0 Å². The smallest absolute Gasteiger partial charge is 0.144 e. The lowest BCUT2D eigenvalue weighted by Gasteiger charge is -2.39. The molecule has 0 radical (unpaired) electrons. The second kappa shape index (κ2) is 11.4. The summed E-state index contributed by atoms with van der Waals surface area (Å²) in [6, 6.07) is 9.73. The van der Waals surface area contributed by atoms with Crippen molar-refractivity contribution in [3.8, 4) is 17.0 Å². The van der Waals surface area contributed by atoms with Crippen LogP contribution in [0.15, 0.2) is 42.9 Å². The molecule has 5 rings (SSSR count). The summed E-state index contributed by atoms with van der Waals surface area (Å²) in [4.78, 5) is 13.7. The monoisotopic (exact) mass is 532 g/mol. The molecule has 9 nitrogen and oxygen atoms in total. The fraction of sp³-hybridized carbons (Fsp3) is 0.414. The van der Waals surface area contributed by atoms with Crippen molar-refractivity contribution in [2.45, 2.75) is 32.7 Å². The second-order valence-corrected chi connectivity index (χ2v) is 9.83. The van der Waals surface area contributed by atoms with Crippen LogP contribution >= 0.6 is 0 Å². The molecule has 0 atom stereocenters. The van der Waals surface area contributed by atoms with Gasteiger partial charge in [0.25, 0.3) is 0 Å². The molecule has 0 bridgehead atoms.